The number of halogens is 3. The van der Waals surface area contributed by atoms with E-state index in [1.807, 2.05) is 0 Å². The van der Waals surface area contributed by atoms with E-state index in [-0.39, 0.29) is 18.3 Å². The van der Waals surface area contributed by atoms with E-state index in [1.54, 1.807) is 31.3 Å². The number of nitrogens with two attached hydrogens (primary N) is 1. The van der Waals surface area contributed by atoms with E-state index in [0.717, 1.165) is 12.1 Å². The molecule has 160 valence electrons. The third kappa shape index (κ3) is 5.33. The first-order valence-electron chi connectivity index (χ1n) is 8.97. The fraction of sp³-hybridized carbons (Fsp3) is 0.0952. The van der Waals surface area contributed by atoms with Gasteiger partial charge in [-0.2, -0.15) is 11.0 Å². The van der Waals surface area contributed by atoms with Crippen molar-refractivity contribution >= 4 is 29.2 Å². The van der Waals surface area contributed by atoms with Gasteiger partial charge < -0.3 is 10.2 Å². The van der Waals surface area contributed by atoms with Gasteiger partial charge in [0.15, 0.2) is 5.82 Å². The summed E-state index contributed by atoms with van der Waals surface area (Å²) in [5.41, 5.74) is 1.09. The van der Waals surface area contributed by atoms with E-state index in [2.05, 4.69) is 22.0 Å². The third-order valence-corrected chi connectivity index (χ3v) is 4.47. The molecule has 7 nitrogen and oxygen atoms in total. The molecule has 0 unspecified atom stereocenters. The molecule has 1 heterocycles. The van der Waals surface area contributed by atoms with Crippen LogP contribution in [-0.4, -0.2) is 21.6 Å². The maximum absolute atomic E-state index is 13.8. The number of carbonyl (C=O) groups is 1. The van der Waals surface area contributed by atoms with E-state index in [0.29, 0.717) is 21.8 Å². The summed E-state index contributed by atoms with van der Waals surface area (Å²) in [6.07, 6.45) is 1.58. The van der Waals surface area contributed by atoms with Crippen LogP contribution in [0.1, 0.15) is 28.4 Å². The Hall–Kier alpha value is -3.56. The molecule has 0 atom stereocenters. The van der Waals surface area contributed by atoms with Gasteiger partial charge in [0.25, 0.3) is 5.91 Å². The largest absolute Gasteiger partial charge is 0.391 e. The molecule has 0 spiro atoms. The van der Waals surface area contributed by atoms with Gasteiger partial charge in [-0.25, -0.2) is 13.8 Å². The molecule has 0 aliphatic rings. The smallest absolute Gasteiger partial charge is 0.262 e. The number of aliphatic imine (C=N–C) groups is 1. The Kier molecular flexibility index (Phi) is 6.78. The van der Waals surface area contributed by atoms with Crippen LogP contribution in [-0.2, 0) is 11.4 Å². The summed E-state index contributed by atoms with van der Waals surface area (Å²) in [4.78, 5) is 21.2. The molecule has 3 N–H and O–H groups in total. The second kappa shape index (κ2) is 9.50. The van der Waals surface area contributed by atoms with Crippen molar-refractivity contribution in [3.05, 3.63) is 94.3 Å². The summed E-state index contributed by atoms with van der Waals surface area (Å²) in [6.45, 7) is 5.63. The Balaban J connectivity index is 1.79. The zero-order valence-electron chi connectivity index (χ0n) is 16.4. The number of hydrogen-bond acceptors (Lipinski definition) is 5. The van der Waals surface area contributed by atoms with Crippen LogP contribution in [0.5, 0.6) is 0 Å². The Morgan fingerprint density at radius 3 is 2.65 bits per heavy atom. The van der Waals surface area contributed by atoms with E-state index in [1.165, 1.54) is 16.8 Å². The van der Waals surface area contributed by atoms with Gasteiger partial charge in [0.1, 0.15) is 17.2 Å². The van der Waals surface area contributed by atoms with E-state index < -0.39 is 23.1 Å². The van der Waals surface area contributed by atoms with Gasteiger partial charge in [0.05, 0.1) is 6.54 Å². The van der Waals surface area contributed by atoms with Crippen molar-refractivity contribution in [3.63, 3.8) is 0 Å². The van der Waals surface area contributed by atoms with Crippen molar-refractivity contribution in [2.75, 3.05) is 5.32 Å². The second-order valence-corrected chi connectivity index (χ2v) is 6.93. The van der Waals surface area contributed by atoms with Gasteiger partial charge in [-0.3, -0.25) is 9.48 Å². The topological polar surface area (TPSA) is 94.5 Å². The number of benzene rings is 2. The van der Waals surface area contributed by atoms with Crippen LogP contribution < -0.4 is 11.2 Å². The number of allylic oxidation sites excluding steroid dienone is 1. The van der Waals surface area contributed by atoms with Crippen molar-refractivity contribution < 1.29 is 18.4 Å². The molecule has 0 saturated carbocycles. The number of nitrogens with zero attached hydrogens (tertiary/aromatic N) is 3. The molecule has 10 heteroatoms. The molecule has 0 radical (unpaired) electrons. The number of hydrogen-bond donors (Lipinski definition) is 2. The first-order valence-corrected chi connectivity index (χ1v) is 9.35. The summed E-state index contributed by atoms with van der Waals surface area (Å²) in [6, 6.07) is 9.75. The lowest BCUT2D eigenvalue weighted by Crippen LogP contribution is -2.16. The van der Waals surface area contributed by atoms with E-state index in [9.17, 15) is 13.6 Å². The monoisotopic (exact) mass is 445 g/mol. The highest BCUT2D eigenvalue weighted by Gasteiger charge is 2.18. The molecule has 3 rings (SSSR count). The summed E-state index contributed by atoms with van der Waals surface area (Å²) in [5, 5.41) is 7.03. The predicted octanol–water partition coefficient (Wildman–Crippen LogP) is 4.29. The van der Waals surface area contributed by atoms with Gasteiger partial charge in [-0.15, -0.1) is 0 Å². The van der Waals surface area contributed by atoms with Crippen molar-refractivity contribution in [2.45, 2.75) is 13.5 Å². The summed E-state index contributed by atoms with van der Waals surface area (Å²) in [5.74, 6) is 2.72. The Morgan fingerprint density at radius 2 is 2.00 bits per heavy atom. The maximum atomic E-state index is 13.8. The average molecular weight is 446 g/mol. The minimum absolute atomic E-state index is 0.120. The highest BCUT2D eigenvalue weighted by Crippen LogP contribution is 2.21. The minimum Gasteiger partial charge on any atom is -0.391 e. The predicted molar refractivity (Wildman–Crippen MR) is 114 cm³/mol. The van der Waals surface area contributed by atoms with Crippen molar-refractivity contribution in [2.24, 2.45) is 10.9 Å². The van der Waals surface area contributed by atoms with Crippen LogP contribution >= 0.6 is 11.6 Å². The molecular weight excluding hydrogens is 428 g/mol. The highest BCUT2D eigenvalue weighted by molar-refractivity contribution is 6.31. The van der Waals surface area contributed by atoms with Crippen molar-refractivity contribution in [1.82, 2.24) is 9.78 Å². The molecule has 1 aromatic heterocycles. The lowest BCUT2D eigenvalue weighted by atomic mass is 10.1. The summed E-state index contributed by atoms with van der Waals surface area (Å²) < 4.78 is 29.1. The standard InChI is InChI=1S/C21H18ClF2N5O2/c1-12(2)26-21(31-25)13-6-7-15(22)14(10-13)11-29-9-8-18(28-29)27-20(30)19-16(23)4-3-5-17(19)24/h3-10H,1,11,25H2,2H3,(H,27,28,30). The number of aromatic nitrogens is 2. The van der Waals surface area contributed by atoms with Crippen molar-refractivity contribution in [1.29, 1.82) is 0 Å². The Labute approximate surface area is 181 Å². The van der Waals surface area contributed by atoms with E-state index >= 15 is 0 Å². The number of amides is 1. The molecule has 0 fully saturated rings. The Morgan fingerprint density at radius 1 is 1.29 bits per heavy atom. The molecule has 0 bridgehead atoms. The molecule has 1 amide bonds. The second-order valence-electron chi connectivity index (χ2n) is 6.53. The molecular formula is C21H18ClF2N5O2. The van der Waals surface area contributed by atoms with Gasteiger partial charge >= 0.3 is 0 Å². The quantitative estimate of drug-likeness (QED) is 0.336. The van der Waals surface area contributed by atoms with Gasteiger partial charge in [-0.1, -0.05) is 24.2 Å². The van der Waals surface area contributed by atoms with Crippen molar-refractivity contribution in [3.8, 4) is 0 Å². The number of rotatable bonds is 6. The molecule has 2 aromatic carbocycles. The molecule has 0 aliphatic carbocycles. The Bertz CT molecular complexity index is 1160. The lowest BCUT2D eigenvalue weighted by molar-refractivity contribution is 0.101. The zero-order chi connectivity index (χ0) is 22.5. The fourth-order valence-electron chi connectivity index (χ4n) is 2.75. The molecule has 31 heavy (non-hydrogen) atoms. The van der Waals surface area contributed by atoms with Crippen LogP contribution in [0.4, 0.5) is 14.6 Å². The van der Waals surface area contributed by atoms with Gasteiger partial charge in [0, 0.05) is 28.5 Å². The number of carbonyl (C=O) groups excluding carboxylic acids is 1. The fourth-order valence-corrected chi connectivity index (χ4v) is 2.92. The van der Waals surface area contributed by atoms with Crippen LogP contribution in [0, 0.1) is 11.6 Å². The van der Waals surface area contributed by atoms with Gasteiger partial charge in [0.2, 0.25) is 5.90 Å². The molecule has 0 aliphatic heterocycles. The normalized spacial score (nSPS) is 11.3. The van der Waals surface area contributed by atoms with Crippen LogP contribution in [0.2, 0.25) is 5.02 Å². The maximum Gasteiger partial charge on any atom is 0.262 e. The summed E-state index contributed by atoms with van der Waals surface area (Å²) >= 11 is 6.28. The van der Waals surface area contributed by atoms with E-state index in [4.69, 9.17) is 22.3 Å². The first-order chi connectivity index (χ1) is 14.8. The third-order valence-electron chi connectivity index (χ3n) is 4.10. The molecule has 3 aromatic rings. The zero-order valence-corrected chi connectivity index (χ0v) is 17.2. The minimum atomic E-state index is -0.963. The SMILES string of the molecule is C=C(C)N=C(ON)c1ccc(Cl)c(Cn2ccc(NC(=O)c3c(F)cccc3F)n2)c1. The average Bonchev–Trinajstić information content (AvgIpc) is 3.14. The number of nitrogens with one attached hydrogen (secondary N) is 1. The highest BCUT2D eigenvalue weighted by atomic mass is 35.5. The first kappa shape index (κ1) is 22.1. The van der Waals surface area contributed by atoms with Gasteiger partial charge in [-0.05, 0) is 42.8 Å². The lowest BCUT2D eigenvalue weighted by Gasteiger charge is -2.09. The van der Waals surface area contributed by atoms with Crippen LogP contribution in [0.15, 0.2) is 65.9 Å². The summed E-state index contributed by atoms with van der Waals surface area (Å²) in [7, 11) is 0. The van der Waals surface area contributed by atoms with Crippen LogP contribution in [0.3, 0.4) is 0 Å². The number of anilines is 1. The van der Waals surface area contributed by atoms with Crippen LogP contribution in [0.25, 0.3) is 0 Å². The molecule has 0 saturated heterocycles.